The van der Waals surface area contributed by atoms with E-state index in [0.29, 0.717) is 18.0 Å². The highest BCUT2D eigenvalue weighted by atomic mass is 16.4. The van der Waals surface area contributed by atoms with E-state index < -0.39 is 0 Å². The summed E-state index contributed by atoms with van der Waals surface area (Å²) in [6.07, 6.45) is 2.87. The predicted octanol–water partition coefficient (Wildman–Crippen LogP) is 2.65. The second-order valence-electron chi connectivity index (χ2n) is 4.99. The molecule has 0 amide bonds. The molecule has 1 rings (SSSR count). The third kappa shape index (κ3) is 4.38. The lowest BCUT2D eigenvalue weighted by molar-refractivity contribution is 0.465. The number of hydrogen-bond acceptors (Lipinski definition) is 4. The van der Waals surface area contributed by atoms with Gasteiger partial charge in [-0.2, -0.15) is 4.98 Å². The molecular weight excluding hydrogens is 214 g/mol. The molecule has 0 saturated heterocycles. The van der Waals surface area contributed by atoms with Crippen LogP contribution in [-0.4, -0.2) is 24.6 Å². The first kappa shape index (κ1) is 14.0. The largest absolute Gasteiger partial charge is 0.432 e. The molecule has 1 aromatic rings. The Morgan fingerprint density at radius 1 is 1.41 bits per heavy atom. The molecule has 1 aromatic heterocycles. The Bertz CT molecular complexity index is 322. The molecule has 4 heteroatoms. The Hall–Kier alpha value is -1.03. The molecule has 0 bridgehead atoms. The molecule has 0 aromatic carbocycles. The van der Waals surface area contributed by atoms with E-state index in [0.717, 1.165) is 25.2 Å². The first-order valence-corrected chi connectivity index (χ1v) is 6.42. The second kappa shape index (κ2) is 6.64. The Morgan fingerprint density at radius 2 is 2.12 bits per heavy atom. The molecular formula is C13H25N3O. The van der Waals surface area contributed by atoms with Crippen LogP contribution in [0.5, 0.6) is 0 Å². The van der Waals surface area contributed by atoms with Crippen molar-refractivity contribution in [3.8, 4) is 0 Å². The number of rotatable bonds is 7. The van der Waals surface area contributed by atoms with Gasteiger partial charge in [-0.3, -0.25) is 0 Å². The second-order valence-corrected chi connectivity index (χ2v) is 4.99. The molecule has 0 radical (unpaired) electrons. The molecule has 1 atom stereocenters. The number of oxazole rings is 1. The summed E-state index contributed by atoms with van der Waals surface area (Å²) in [5.74, 6) is 0.684. The van der Waals surface area contributed by atoms with Gasteiger partial charge in [-0.15, -0.1) is 0 Å². The van der Waals surface area contributed by atoms with Crippen LogP contribution in [0.2, 0.25) is 0 Å². The lowest BCUT2D eigenvalue weighted by Crippen LogP contribution is -2.30. The molecule has 0 aliphatic rings. The first-order chi connectivity index (χ1) is 8.04. The zero-order chi connectivity index (χ0) is 12.8. The average Bonchev–Trinajstić information content (AvgIpc) is 2.72. The van der Waals surface area contributed by atoms with Crippen LogP contribution in [0.4, 0.5) is 6.01 Å². The SMILES string of the molecule is CCNCc1coc(N(C)C(C)CC(C)C)n1. The van der Waals surface area contributed by atoms with Gasteiger partial charge in [0.05, 0.1) is 5.69 Å². The quantitative estimate of drug-likeness (QED) is 0.794. The van der Waals surface area contributed by atoms with E-state index >= 15 is 0 Å². The summed E-state index contributed by atoms with van der Waals surface area (Å²) in [4.78, 5) is 6.58. The molecule has 0 fully saturated rings. The van der Waals surface area contributed by atoms with E-state index in [1.165, 1.54) is 0 Å². The van der Waals surface area contributed by atoms with Crippen molar-refractivity contribution in [3.05, 3.63) is 12.0 Å². The number of anilines is 1. The smallest absolute Gasteiger partial charge is 0.297 e. The summed E-state index contributed by atoms with van der Waals surface area (Å²) in [6.45, 7) is 10.5. The van der Waals surface area contributed by atoms with E-state index in [1.54, 1.807) is 6.26 Å². The fourth-order valence-corrected chi connectivity index (χ4v) is 1.82. The van der Waals surface area contributed by atoms with Crippen molar-refractivity contribution >= 4 is 6.01 Å². The van der Waals surface area contributed by atoms with Crippen LogP contribution in [0.25, 0.3) is 0 Å². The standard InChI is InChI=1S/C13H25N3O/c1-6-14-8-12-9-17-13(15-12)16(5)11(4)7-10(2)3/h9-11,14H,6-8H2,1-5H3. The van der Waals surface area contributed by atoms with Crippen LogP contribution in [0, 0.1) is 5.92 Å². The van der Waals surface area contributed by atoms with Gasteiger partial charge in [0.15, 0.2) is 0 Å². The molecule has 0 saturated carbocycles. The van der Waals surface area contributed by atoms with Crippen molar-refractivity contribution in [2.24, 2.45) is 5.92 Å². The van der Waals surface area contributed by atoms with Crippen molar-refractivity contribution in [1.82, 2.24) is 10.3 Å². The van der Waals surface area contributed by atoms with Crippen LogP contribution < -0.4 is 10.2 Å². The van der Waals surface area contributed by atoms with E-state index in [2.05, 4.69) is 42.9 Å². The van der Waals surface area contributed by atoms with Crippen LogP contribution >= 0.6 is 0 Å². The first-order valence-electron chi connectivity index (χ1n) is 6.42. The number of aromatic nitrogens is 1. The van der Waals surface area contributed by atoms with Crippen molar-refractivity contribution in [1.29, 1.82) is 0 Å². The average molecular weight is 239 g/mol. The maximum atomic E-state index is 5.50. The molecule has 1 heterocycles. The monoisotopic (exact) mass is 239 g/mol. The lowest BCUT2D eigenvalue weighted by Gasteiger charge is -2.24. The van der Waals surface area contributed by atoms with E-state index in [1.807, 2.05) is 7.05 Å². The summed E-state index contributed by atoms with van der Waals surface area (Å²) in [5, 5.41) is 3.24. The molecule has 4 nitrogen and oxygen atoms in total. The molecule has 0 aliphatic carbocycles. The van der Waals surface area contributed by atoms with Crippen LogP contribution in [-0.2, 0) is 6.54 Å². The minimum absolute atomic E-state index is 0.445. The van der Waals surface area contributed by atoms with Crippen molar-refractivity contribution in [2.45, 2.75) is 46.7 Å². The van der Waals surface area contributed by atoms with E-state index in [4.69, 9.17) is 4.42 Å². The van der Waals surface area contributed by atoms with E-state index in [-0.39, 0.29) is 0 Å². The number of hydrogen-bond donors (Lipinski definition) is 1. The van der Waals surface area contributed by atoms with Gasteiger partial charge in [0.1, 0.15) is 6.26 Å². The fourth-order valence-electron chi connectivity index (χ4n) is 1.82. The summed E-state index contributed by atoms with van der Waals surface area (Å²) in [7, 11) is 2.04. The highest BCUT2D eigenvalue weighted by Gasteiger charge is 2.16. The molecule has 0 aliphatic heterocycles. The molecule has 1 unspecified atom stereocenters. The van der Waals surface area contributed by atoms with Gasteiger partial charge >= 0.3 is 0 Å². The van der Waals surface area contributed by atoms with Gasteiger partial charge in [0.2, 0.25) is 0 Å². The van der Waals surface area contributed by atoms with Gasteiger partial charge in [0.25, 0.3) is 6.01 Å². The number of nitrogens with one attached hydrogen (secondary N) is 1. The lowest BCUT2D eigenvalue weighted by atomic mass is 10.0. The van der Waals surface area contributed by atoms with Crippen LogP contribution in [0.1, 0.15) is 39.8 Å². The summed E-state index contributed by atoms with van der Waals surface area (Å²) < 4.78 is 5.50. The van der Waals surface area contributed by atoms with Crippen molar-refractivity contribution < 1.29 is 4.42 Å². The van der Waals surface area contributed by atoms with Crippen molar-refractivity contribution in [3.63, 3.8) is 0 Å². The predicted molar refractivity (Wildman–Crippen MR) is 71.2 cm³/mol. The van der Waals surface area contributed by atoms with E-state index in [9.17, 15) is 0 Å². The number of nitrogens with zero attached hydrogens (tertiary/aromatic N) is 2. The fraction of sp³-hybridized carbons (Fsp3) is 0.769. The van der Waals surface area contributed by atoms with Crippen molar-refractivity contribution in [2.75, 3.05) is 18.5 Å². The zero-order valence-corrected chi connectivity index (χ0v) is 11.7. The summed E-state index contributed by atoms with van der Waals surface area (Å²) in [6, 6.07) is 1.16. The summed E-state index contributed by atoms with van der Waals surface area (Å²) in [5.41, 5.74) is 0.963. The normalized spacial score (nSPS) is 13.1. The third-order valence-electron chi connectivity index (χ3n) is 2.87. The van der Waals surface area contributed by atoms with Gasteiger partial charge < -0.3 is 14.6 Å². The topological polar surface area (TPSA) is 41.3 Å². The van der Waals surface area contributed by atoms with Crippen LogP contribution in [0.3, 0.4) is 0 Å². The Kier molecular flexibility index (Phi) is 5.48. The highest BCUT2D eigenvalue weighted by molar-refractivity contribution is 5.27. The highest BCUT2D eigenvalue weighted by Crippen LogP contribution is 2.18. The van der Waals surface area contributed by atoms with Gasteiger partial charge in [-0.25, -0.2) is 0 Å². The Labute approximate surface area is 104 Å². The molecule has 17 heavy (non-hydrogen) atoms. The van der Waals surface area contributed by atoms with Gasteiger partial charge in [-0.1, -0.05) is 20.8 Å². The van der Waals surface area contributed by atoms with Gasteiger partial charge in [-0.05, 0) is 25.8 Å². The minimum Gasteiger partial charge on any atom is -0.432 e. The van der Waals surface area contributed by atoms with Crippen LogP contribution in [0.15, 0.2) is 10.7 Å². The minimum atomic E-state index is 0.445. The third-order valence-corrected chi connectivity index (χ3v) is 2.87. The molecule has 98 valence electrons. The Balaban J connectivity index is 2.56. The maximum Gasteiger partial charge on any atom is 0.297 e. The van der Waals surface area contributed by atoms with Gasteiger partial charge in [0, 0.05) is 19.6 Å². The summed E-state index contributed by atoms with van der Waals surface area (Å²) >= 11 is 0. The molecule has 1 N–H and O–H groups in total. The Morgan fingerprint density at radius 3 is 2.71 bits per heavy atom. The molecule has 0 spiro atoms. The zero-order valence-electron chi connectivity index (χ0n) is 11.7. The maximum absolute atomic E-state index is 5.50.